The smallest absolute Gasteiger partial charge is 0.254 e. The Morgan fingerprint density at radius 2 is 2.08 bits per heavy atom. The van der Waals surface area contributed by atoms with E-state index in [1.165, 1.54) is 10.9 Å². The molecule has 1 N–H and O–H groups in total. The maximum Gasteiger partial charge on any atom is 0.254 e. The molecule has 0 saturated carbocycles. The van der Waals surface area contributed by atoms with Crippen molar-refractivity contribution in [2.45, 2.75) is 19.3 Å². The topological polar surface area (TPSA) is 45.3 Å². The van der Waals surface area contributed by atoms with Gasteiger partial charge >= 0.3 is 0 Å². The summed E-state index contributed by atoms with van der Waals surface area (Å²) >= 11 is 0. The van der Waals surface area contributed by atoms with Gasteiger partial charge < -0.3 is 14.6 Å². The molecule has 0 aliphatic carbocycles. The van der Waals surface area contributed by atoms with Crippen molar-refractivity contribution in [3.05, 3.63) is 65.4 Å². The number of carbonyl (C=O) groups is 1. The molecule has 4 rings (SSSR count). The first kappa shape index (κ1) is 15.8. The molecule has 128 valence electrons. The molecule has 4 heteroatoms. The zero-order valence-electron chi connectivity index (χ0n) is 14.6. The second-order valence-electron chi connectivity index (χ2n) is 6.71. The number of ether oxygens (including phenoxy) is 1. The number of aryl methyl sites for hydroxylation is 1. The van der Waals surface area contributed by atoms with Crippen molar-refractivity contribution in [1.29, 1.82) is 0 Å². The quantitative estimate of drug-likeness (QED) is 0.783. The number of likely N-dealkylation sites (tertiary alicyclic amines) is 1. The summed E-state index contributed by atoms with van der Waals surface area (Å²) in [5, 5.41) is 1.27. The lowest BCUT2D eigenvalue weighted by atomic mass is 9.98. The summed E-state index contributed by atoms with van der Waals surface area (Å²) < 4.78 is 5.23. The Morgan fingerprint density at radius 1 is 1.24 bits per heavy atom. The summed E-state index contributed by atoms with van der Waals surface area (Å²) in [5.41, 5.74) is 4.20. The van der Waals surface area contributed by atoms with Crippen molar-refractivity contribution in [2.75, 3.05) is 20.2 Å². The van der Waals surface area contributed by atoms with Gasteiger partial charge in [0.15, 0.2) is 0 Å². The van der Waals surface area contributed by atoms with Crippen LogP contribution in [0.3, 0.4) is 0 Å². The number of aromatic nitrogens is 1. The minimum Gasteiger partial charge on any atom is -0.497 e. The third kappa shape index (κ3) is 2.78. The summed E-state index contributed by atoms with van der Waals surface area (Å²) in [5.74, 6) is 1.29. The normalized spacial score (nSPS) is 17.2. The number of benzene rings is 2. The van der Waals surface area contributed by atoms with Gasteiger partial charge in [0.25, 0.3) is 5.91 Å². The summed E-state index contributed by atoms with van der Waals surface area (Å²) in [6, 6.07) is 14.0. The lowest BCUT2D eigenvalue weighted by Gasteiger charge is -2.18. The predicted octanol–water partition coefficient (Wildman–Crippen LogP) is 4.11. The number of para-hydroxylation sites is 1. The Balaban J connectivity index is 1.55. The lowest BCUT2D eigenvalue weighted by molar-refractivity contribution is 0.0790. The summed E-state index contributed by atoms with van der Waals surface area (Å²) in [7, 11) is 1.64. The standard InChI is InChI=1S/C21H22N2O2/c1-14-11-16(25-2)7-8-17(14)21(24)23-10-9-15(13-23)19-12-22-20-6-4-3-5-18(19)20/h3-8,11-12,15,22H,9-10,13H2,1-2H3. The SMILES string of the molecule is COc1ccc(C(=O)N2CCC(c3c[nH]c4ccccc34)C2)c(C)c1. The molecular weight excluding hydrogens is 312 g/mol. The van der Waals surface area contributed by atoms with E-state index in [1.807, 2.05) is 36.1 Å². The van der Waals surface area contributed by atoms with E-state index < -0.39 is 0 Å². The van der Waals surface area contributed by atoms with Crippen molar-refractivity contribution in [3.63, 3.8) is 0 Å². The highest BCUT2D eigenvalue weighted by Crippen LogP contribution is 2.33. The van der Waals surface area contributed by atoms with Crippen LogP contribution in [-0.4, -0.2) is 36.0 Å². The fourth-order valence-corrected chi connectivity index (χ4v) is 3.80. The number of amides is 1. The first-order valence-electron chi connectivity index (χ1n) is 8.67. The number of hydrogen-bond donors (Lipinski definition) is 1. The van der Waals surface area contributed by atoms with Crippen molar-refractivity contribution in [3.8, 4) is 5.75 Å². The van der Waals surface area contributed by atoms with E-state index in [-0.39, 0.29) is 5.91 Å². The van der Waals surface area contributed by atoms with Gasteiger partial charge in [0.05, 0.1) is 7.11 Å². The molecule has 1 unspecified atom stereocenters. The summed E-state index contributed by atoms with van der Waals surface area (Å²) in [6.45, 7) is 3.53. The van der Waals surface area contributed by atoms with Crippen molar-refractivity contribution in [2.24, 2.45) is 0 Å². The maximum atomic E-state index is 12.9. The Hall–Kier alpha value is -2.75. The highest BCUT2D eigenvalue weighted by atomic mass is 16.5. The highest BCUT2D eigenvalue weighted by Gasteiger charge is 2.29. The average Bonchev–Trinajstić information content (AvgIpc) is 3.27. The number of H-pyrrole nitrogens is 1. The number of methoxy groups -OCH3 is 1. The van der Waals surface area contributed by atoms with Gasteiger partial charge in [-0.25, -0.2) is 0 Å². The zero-order valence-corrected chi connectivity index (χ0v) is 14.6. The first-order valence-corrected chi connectivity index (χ1v) is 8.67. The fraction of sp³-hybridized carbons (Fsp3) is 0.286. The molecule has 25 heavy (non-hydrogen) atoms. The van der Waals surface area contributed by atoms with Gasteiger partial charge in [-0.15, -0.1) is 0 Å². The number of nitrogens with one attached hydrogen (secondary N) is 1. The van der Waals surface area contributed by atoms with Crippen molar-refractivity contribution < 1.29 is 9.53 Å². The van der Waals surface area contributed by atoms with E-state index in [4.69, 9.17) is 4.74 Å². The van der Waals surface area contributed by atoms with E-state index in [0.29, 0.717) is 5.92 Å². The molecular formula is C21H22N2O2. The van der Waals surface area contributed by atoms with Crippen LogP contribution in [0.1, 0.15) is 33.8 Å². The van der Waals surface area contributed by atoms with E-state index >= 15 is 0 Å². The second kappa shape index (κ2) is 6.28. The number of nitrogens with zero attached hydrogens (tertiary/aromatic N) is 1. The van der Waals surface area contributed by atoms with E-state index in [9.17, 15) is 4.79 Å². The molecule has 0 spiro atoms. The number of carbonyl (C=O) groups excluding carboxylic acids is 1. The van der Waals surface area contributed by atoms with Crippen molar-refractivity contribution >= 4 is 16.8 Å². The molecule has 4 nitrogen and oxygen atoms in total. The molecule has 1 atom stereocenters. The van der Waals surface area contributed by atoms with Gasteiger partial charge in [0.2, 0.25) is 0 Å². The number of hydrogen-bond acceptors (Lipinski definition) is 2. The monoisotopic (exact) mass is 334 g/mol. The minimum atomic E-state index is 0.113. The van der Waals surface area contributed by atoms with Crippen LogP contribution in [0.5, 0.6) is 5.75 Å². The van der Waals surface area contributed by atoms with Crippen molar-refractivity contribution in [1.82, 2.24) is 9.88 Å². The summed E-state index contributed by atoms with van der Waals surface area (Å²) in [6.07, 6.45) is 3.10. The average molecular weight is 334 g/mol. The predicted molar refractivity (Wildman–Crippen MR) is 99.3 cm³/mol. The molecule has 2 aromatic carbocycles. The lowest BCUT2D eigenvalue weighted by Crippen LogP contribution is -2.29. The number of aromatic amines is 1. The molecule has 1 amide bonds. The molecule has 1 saturated heterocycles. The zero-order chi connectivity index (χ0) is 17.4. The Bertz CT molecular complexity index is 929. The summed E-state index contributed by atoms with van der Waals surface area (Å²) in [4.78, 5) is 18.2. The van der Waals surface area contributed by atoms with Crippen LogP contribution < -0.4 is 4.74 Å². The molecule has 3 aromatic rings. The fourth-order valence-electron chi connectivity index (χ4n) is 3.80. The number of fused-ring (bicyclic) bond motifs is 1. The van der Waals surface area contributed by atoms with E-state index in [1.54, 1.807) is 7.11 Å². The molecule has 2 heterocycles. The third-order valence-electron chi connectivity index (χ3n) is 5.20. The molecule has 1 aromatic heterocycles. The Kier molecular flexibility index (Phi) is 3.96. The highest BCUT2D eigenvalue weighted by molar-refractivity contribution is 5.96. The molecule has 1 aliphatic heterocycles. The van der Waals surface area contributed by atoms with Gasteiger partial charge in [-0.2, -0.15) is 0 Å². The van der Waals surface area contributed by atoms with Gasteiger partial charge in [-0.3, -0.25) is 4.79 Å². The van der Waals surface area contributed by atoms with Crippen LogP contribution in [0.15, 0.2) is 48.7 Å². The van der Waals surface area contributed by atoms with Gasteiger partial charge in [-0.1, -0.05) is 18.2 Å². The maximum absolute atomic E-state index is 12.9. The molecule has 0 radical (unpaired) electrons. The molecule has 1 fully saturated rings. The van der Waals surface area contributed by atoms with Crippen LogP contribution in [0, 0.1) is 6.92 Å². The number of rotatable bonds is 3. The van der Waals surface area contributed by atoms with Gasteiger partial charge in [0, 0.05) is 41.7 Å². The van der Waals surface area contributed by atoms with Crippen LogP contribution in [0.4, 0.5) is 0 Å². The van der Waals surface area contributed by atoms with Gasteiger partial charge in [-0.05, 0) is 48.7 Å². The Morgan fingerprint density at radius 3 is 2.88 bits per heavy atom. The van der Waals surface area contributed by atoms with Crippen LogP contribution in [0.25, 0.3) is 10.9 Å². The first-order chi connectivity index (χ1) is 12.2. The van der Waals surface area contributed by atoms with Gasteiger partial charge in [0.1, 0.15) is 5.75 Å². The largest absolute Gasteiger partial charge is 0.497 e. The van der Waals surface area contributed by atoms with Crippen LogP contribution >= 0.6 is 0 Å². The Labute approximate surface area is 147 Å². The molecule has 0 bridgehead atoms. The van der Waals surface area contributed by atoms with E-state index in [0.717, 1.165) is 41.9 Å². The van der Waals surface area contributed by atoms with Crippen LogP contribution in [0.2, 0.25) is 0 Å². The minimum absolute atomic E-state index is 0.113. The third-order valence-corrected chi connectivity index (χ3v) is 5.20. The molecule has 1 aliphatic rings. The van der Waals surface area contributed by atoms with E-state index in [2.05, 4.69) is 29.4 Å². The van der Waals surface area contributed by atoms with Crippen LogP contribution in [-0.2, 0) is 0 Å². The second-order valence-corrected chi connectivity index (χ2v) is 6.71.